The molecule has 0 heterocycles. The Kier molecular flexibility index (Phi) is 4.65. The lowest BCUT2D eigenvalue weighted by atomic mass is 10.2. The largest absolute Gasteiger partial charge is 0.346 e. The lowest BCUT2D eigenvalue weighted by Gasteiger charge is -2.17. The number of ether oxygens (including phenoxy) is 1. The molecule has 0 rings (SSSR count). The van der Waals surface area contributed by atoms with Crippen LogP contribution >= 0.6 is 0 Å². The normalized spacial score (nSPS) is 17.4. The summed E-state index contributed by atoms with van der Waals surface area (Å²) in [5, 5.41) is 11.0. The third kappa shape index (κ3) is 3.85. The molecule has 2 atom stereocenters. The van der Waals surface area contributed by atoms with Gasteiger partial charge in [-0.25, -0.2) is 5.11 Å². The van der Waals surface area contributed by atoms with E-state index < -0.39 is 6.29 Å². The van der Waals surface area contributed by atoms with Gasteiger partial charge in [-0.15, -0.1) is 0 Å². The van der Waals surface area contributed by atoms with Crippen molar-refractivity contribution in [3.05, 3.63) is 0 Å². The zero-order valence-electron chi connectivity index (χ0n) is 7.26. The van der Waals surface area contributed by atoms with Crippen LogP contribution in [0.2, 0.25) is 0 Å². The van der Waals surface area contributed by atoms with Crippen LogP contribution in [-0.2, 0) is 9.84 Å². The molecule has 61 valence electrons. The van der Waals surface area contributed by atoms with E-state index in [4.69, 9.17) is 4.74 Å². The molecule has 1 radical (unpaired) electrons. The summed E-state index contributed by atoms with van der Waals surface area (Å²) in [4.78, 5) is 0. The average Bonchev–Trinajstić information content (AvgIpc) is 1.87. The molecule has 0 aliphatic carbocycles. The summed E-state index contributed by atoms with van der Waals surface area (Å²) in [5.41, 5.74) is 0. The SMILES string of the molecule is CCC(C)OC([O])C(C)C. The van der Waals surface area contributed by atoms with Gasteiger partial charge in [0.2, 0.25) is 0 Å². The first-order chi connectivity index (χ1) is 4.57. The smallest absolute Gasteiger partial charge is 0.193 e. The summed E-state index contributed by atoms with van der Waals surface area (Å²) >= 11 is 0. The van der Waals surface area contributed by atoms with E-state index in [0.717, 1.165) is 6.42 Å². The van der Waals surface area contributed by atoms with Crippen LogP contribution < -0.4 is 0 Å². The zero-order valence-corrected chi connectivity index (χ0v) is 7.26. The van der Waals surface area contributed by atoms with Crippen molar-refractivity contribution in [1.29, 1.82) is 0 Å². The molecule has 2 nitrogen and oxygen atoms in total. The van der Waals surface area contributed by atoms with Crippen molar-refractivity contribution in [2.75, 3.05) is 0 Å². The molecule has 0 aromatic rings. The molecule has 2 unspecified atom stereocenters. The van der Waals surface area contributed by atoms with Gasteiger partial charge >= 0.3 is 0 Å². The van der Waals surface area contributed by atoms with Crippen LogP contribution in [0.25, 0.3) is 0 Å². The van der Waals surface area contributed by atoms with Gasteiger partial charge in [0.15, 0.2) is 6.29 Å². The molecule has 0 N–H and O–H groups in total. The summed E-state index contributed by atoms with van der Waals surface area (Å²) in [6.45, 7) is 7.69. The molecule has 0 amide bonds. The van der Waals surface area contributed by atoms with E-state index in [-0.39, 0.29) is 12.0 Å². The Bertz CT molecular complexity index is 81.3. The third-order valence-corrected chi connectivity index (χ3v) is 1.49. The minimum atomic E-state index is -0.852. The molecule has 0 saturated carbocycles. The summed E-state index contributed by atoms with van der Waals surface area (Å²) in [5.74, 6) is 0.0778. The highest BCUT2D eigenvalue weighted by molar-refractivity contribution is 4.51. The maximum atomic E-state index is 11.0. The van der Waals surface area contributed by atoms with Crippen molar-refractivity contribution >= 4 is 0 Å². The summed E-state index contributed by atoms with van der Waals surface area (Å²) in [7, 11) is 0. The molecule has 2 heteroatoms. The van der Waals surface area contributed by atoms with E-state index in [2.05, 4.69) is 0 Å². The fraction of sp³-hybridized carbons (Fsp3) is 1.00. The molecule has 0 saturated heterocycles. The van der Waals surface area contributed by atoms with Gasteiger partial charge in [0.25, 0.3) is 0 Å². The van der Waals surface area contributed by atoms with Gasteiger partial charge in [0, 0.05) is 5.92 Å². The van der Waals surface area contributed by atoms with Crippen LogP contribution in [0.3, 0.4) is 0 Å². The van der Waals surface area contributed by atoms with Crippen molar-refractivity contribution < 1.29 is 9.84 Å². The highest BCUT2D eigenvalue weighted by Crippen LogP contribution is 2.08. The fourth-order valence-corrected chi connectivity index (χ4v) is 0.482. The Labute approximate surface area is 63.2 Å². The molecular weight excluding hydrogens is 128 g/mol. The second-order valence-electron chi connectivity index (χ2n) is 2.97. The average molecular weight is 145 g/mol. The van der Waals surface area contributed by atoms with Crippen molar-refractivity contribution in [1.82, 2.24) is 0 Å². The molecule has 0 aliphatic heterocycles. The quantitative estimate of drug-likeness (QED) is 0.557. The maximum Gasteiger partial charge on any atom is 0.193 e. The van der Waals surface area contributed by atoms with Gasteiger partial charge in [-0.05, 0) is 13.3 Å². The first-order valence-electron chi connectivity index (χ1n) is 3.89. The number of hydrogen-bond donors (Lipinski definition) is 0. The van der Waals surface area contributed by atoms with E-state index in [0.29, 0.717) is 0 Å². The zero-order chi connectivity index (χ0) is 8.15. The monoisotopic (exact) mass is 145 g/mol. The molecule has 0 aromatic heterocycles. The molecule has 0 fully saturated rings. The van der Waals surface area contributed by atoms with Crippen molar-refractivity contribution in [3.8, 4) is 0 Å². The van der Waals surface area contributed by atoms with Crippen LogP contribution in [0.5, 0.6) is 0 Å². The first kappa shape index (κ1) is 9.92. The summed E-state index contributed by atoms with van der Waals surface area (Å²) < 4.78 is 5.11. The van der Waals surface area contributed by atoms with E-state index in [1.807, 2.05) is 27.7 Å². The highest BCUT2D eigenvalue weighted by atomic mass is 16.6. The molecule has 0 bridgehead atoms. The lowest BCUT2D eigenvalue weighted by molar-refractivity contribution is -0.188. The van der Waals surface area contributed by atoms with Gasteiger partial charge in [0.1, 0.15) is 0 Å². The molecule has 0 aliphatic rings. The Morgan fingerprint density at radius 1 is 1.30 bits per heavy atom. The predicted molar refractivity (Wildman–Crippen MR) is 40.2 cm³/mol. The standard InChI is InChI=1S/C8H17O2/c1-5-7(4)10-8(9)6(2)3/h6-8H,5H2,1-4H3. The second-order valence-corrected chi connectivity index (χ2v) is 2.97. The number of rotatable bonds is 4. The highest BCUT2D eigenvalue weighted by Gasteiger charge is 2.13. The predicted octanol–water partition coefficient (Wildman–Crippen LogP) is 2.21. The van der Waals surface area contributed by atoms with Gasteiger partial charge < -0.3 is 4.74 Å². The van der Waals surface area contributed by atoms with Gasteiger partial charge in [-0.2, -0.15) is 0 Å². The minimum Gasteiger partial charge on any atom is -0.346 e. The lowest BCUT2D eigenvalue weighted by Crippen LogP contribution is -2.22. The van der Waals surface area contributed by atoms with Crippen LogP contribution in [0.1, 0.15) is 34.1 Å². The van der Waals surface area contributed by atoms with Crippen LogP contribution in [0.15, 0.2) is 0 Å². The third-order valence-electron chi connectivity index (χ3n) is 1.49. The minimum absolute atomic E-state index is 0.0778. The molecular formula is C8H17O2. The van der Waals surface area contributed by atoms with Gasteiger partial charge in [0.05, 0.1) is 6.10 Å². The Hall–Kier alpha value is -0.0800. The van der Waals surface area contributed by atoms with Gasteiger partial charge in [-0.1, -0.05) is 20.8 Å². The van der Waals surface area contributed by atoms with E-state index in [1.54, 1.807) is 0 Å². The maximum absolute atomic E-state index is 11.0. The van der Waals surface area contributed by atoms with Gasteiger partial charge in [-0.3, -0.25) is 0 Å². The van der Waals surface area contributed by atoms with E-state index >= 15 is 0 Å². The van der Waals surface area contributed by atoms with Crippen LogP contribution in [0.4, 0.5) is 0 Å². The van der Waals surface area contributed by atoms with E-state index in [1.165, 1.54) is 0 Å². The van der Waals surface area contributed by atoms with Crippen molar-refractivity contribution in [2.45, 2.75) is 46.5 Å². The fourth-order valence-electron chi connectivity index (χ4n) is 0.482. The van der Waals surface area contributed by atoms with E-state index in [9.17, 15) is 5.11 Å². The van der Waals surface area contributed by atoms with Crippen LogP contribution in [-0.4, -0.2) is 12.4 Å². The summed E-state index contributed by atoms with van der Waals surface area (Å²) in [6.07, 6.45) is 0.158. The Morgan fingerprint density at radius 2 is 1.80 bits per heavy atom. The second kappa shape index (κ2) is 4.69. The Morgan fingerprint density at radius 3 is 2.10 bits per heavy atom. The topological polar surface area (TPSA) is 29.1 Å². The Balaban J connectivity index is 3.46. The van der Waals surface area contributed by atoms with Crippen molar-refractivity contribution in [3.63, 3.8) is 0 Å². The molecule has 10 heavy (non-hydrogen) atoms. The van der Waals surface area contributed by atoms with Crippen LogP contribution in [0, 0.1) is 5.92 Å². The first-order valence-corrected chi connectivity index (χ1v) is 3.89. The van der Waals surface area contributed by atoms with Crippen molar-refractivity contribution in [2.24, 2.45) is 5.92 Å². The molecule has 0 spiro atoms. The summed E-state index contributed by atoms with van der Waals surface area (Å²) in [6, 6.07) is 0. The molecule has 0 aromatic carbocycles. The number of hydrogen-bond acceptors (Lipinski definition) is 1.